The van der Waals surface area contributed by atoms with Crippen LogP contribution in [0.15, 0.2) is 48.1 Å². The lowest BCUT2D eigenvalue weighted by Gasteiger charge is -2.05. The monoisotopic (exact) mass is 367 g/mol. The van der Waals surface area contributed by atoms with Crippen molar-refractivity contribution in [3.8, 4) is 22.8 Å². The van der Waals surface area contributed by atoms with Crippen LogP contribution >= 0.6 is 11.3 Å². The molecule has 0 aliphatic carbocycles. The second-order valence-corrected chi connectivity index (χ2v) is 6.77. The number of benzene rings is 1. The average molecular weight is 367 g/mol. The quantitative estimate of drug-likeness (QED) is 0.724. The second kappa shape index (κ2) is 7.53. The molecule has 7 heteroatoms. The Morgan fingerprint density at radius 2 is 2.00 bits per heavy atom. The maximum Gasteiger partial charge on any atom is 0.231 e. The summed E-state index contributed by atoms with van der Waals surface area (Å²) in [5, 5.41) is 5.90. The fraction of sp³-hybridized carbons (Fsp3) is 0.211. The summed E-state index contributed by atoms with van der Waals surface area (Å²) in [6.07, 6.45) is 4.53. The van der Waals surface area contributed by atoms with Crippen molar-refractivity contribution in [3.63, 3.8) is 0 Å². The first kappa shape index (κ1) is 16.5. The maximum atomic E-state index is 12.1. The van der Waals surface area contributed by atoms with Gasteiger partial charge in [-0.3, -0.25) is 9.78 Å². The normalized spacial score (nSPS) is 12.2. The van der Waals surface area contributed by atoms with Gasteiger partial charge in [-0.2, -0.15) is 0 Å². The van der Waals surface area contributed by atoms with E-state index >= 15 is 0 Å². The van der Waals surface area contributed by atoms with E-state index < -0.39 is 0 Å². The van der Waals surface area contributed by atoms with E-state index in [1.807, 2.05) is 35.7 Å². The highest BCUT2D eigenvalue weighted by molar-refractivity contribution is 7.09. The SMILES string of the molecule is O=C(CCc1nc(-c2ccncc2)cs1)NCc1ccc2c(c1)OCO2. The van der Waals surface area contributed by atoms with Crippen molar-refractivity contribution in [2.45, 2.75) is 19.4 Å². The van der Waals surface area contributed by atoms with Gasteiger partial charge in [0.1, 0.15) is 0 Å². The Kier molecular flexibility index (Phi) is 4.79. The summed E-state index contributed by atoms with van der Waals surface area (Å²) >= 11 is 1.57. The average Bonchev–Trinajstić information content (AvgIpc) is 3.34. The molecule has 1 N–H and O–H groups in total. The Morgan fingerprint density at radius 3 is 2.88 bits per heavy atom. The van der Waals surface area contributed by atoms with Gasteiger partial charge in [-0.25, -0.2) is 4.98 Å². The van der Waals surface area contributed by atoms with E-state index in [2.05, 4.69) is 15.3 Å². The molecule has 0 saturated carbocycles. The number of amides is 1. The van der Waals surface area contributed by atoms with E-state index in [0.29, 0.717) is 19.4 Å². The topological polar surface area (TPSA) is 73.3 Å². The molecule has 0 saturated heterocycles. The third-order valence-electron chi connectivity index (χ3n) is 4.02. The zero-order valence-electron chi connectivity index (χ0n) is 14.0. The highest BCUT2D eigenvalue weighted by Gasteiger charge is 2.13. The van der Waals surface area contributed by atoms with Crippen LogP contribution in [0.5, 0.6) is 11.5 Å². The van der Waals surface area contributed by atoms with Gasteiger partial charge in [-0.1, -0.05) is 6.07 Å². The third kappa shape index (κ3) is 3.83. The van der Waals surface area contributed by atoms with E-state index in [-0.39, 0.29) is 12.7 Å². The first-order valence-corrected chi connectivity index (χ1v) is 9.16. The Labute approximate surface area is 154 Å². The number of hydrogen-bond donors (Lipinski definition) is 1. The maximum absolute atomic E-state index is 12.1. The number of carbonyl (C=O) groups excluding carboxylic acids is 1. The van der Waals surface area contributed by atoms with Crippen LogP contribution in [0.25, 0.3) is 11.3 Å². The molecule has 6 nitrogen and oxygen atoms in total. The molecule has 1 aromatic carbocycles. The molecular formula is C19H17N3O3S. The van der Waals surface area contributed by atoms with Crippen molar-refractivity contribution in [1.29, 1.82) is 0 Å². The summed E-state index contributed by atoms with van der Waals surface area (Å²) in [4.78, 5) is 20.7. The van der Waals surface area contributed by atoms with Gasteiger partial charge in [0.25, 0.3) is 0 Å². The van der Waals surface area contributed by atoms with Gasteiger partial charge in [0, 0.05) is 42.7 Å². The third-order valence-corrected chi connectivity index (χ3v) is 4.93. The molecule has 1 aliphatic rings. The fourth-order valence-electron chi connectivity index (χ4n) is 2.64. The van der Waals surface area contributed by atoms with Gasteiger partial charge in [0.05, 0.1) is 10.7 Å². The highest BCUT2D eigenvalue weighted by atomic mass is 32.1. The van der Waals surface area contributed by atoms with Crippen LogP contribution < -0.4 is 14.8 Å². The van der Waals surface area contributed by atoms with Gasteiger partial charge >= 0.3 is 0 Å². The summed E-state index contributed by atoms with van der Waals surface area (Å²) in [5.74, 6) is 1.47. The van der Waals surface area contributed by atoms with Crippen LogP contribution in [-0.2, 0) is 17.8 Å². The molecule has 0 radical (unpaired) electrons. The highest BCUT2D eigenvalue weighted by Crippen LogP contribution is 2.32. The zero-order chi connectivity index (χ0) is 17.8. The number of fused-ring (bicyclic) bond motifs is 1. The molecule has 26 heavy (non-hydrogen) atoms. The minimum Gasteiger partial charge on any atom is -0.454 e. The van der Waals surface area contributed by atoms with E-state index in [1.165, 1.54) is 0 Å². The lowest BCUT2D eigenvalue weighted by Crippen LogP contribution is -2.22. The van der Waals surface area contributed by atoms with Crippen LogP contribution in [0.2, 0.25) is 0 Å². The van der Waals surface area contributed by atoms with Gasteiger partial charge in [-0.05, 0) is 29.8 Å². The van der Waals surface area contributed by atoms with Crippen LogP contribution in [-0.4, -0.2) is 22.7 Å². The molecule has 0 atom stereocenters. The van der Waals surface area contributed by atoms with Crippen molar-refractivity contribution in [1.82, 2.24) is 15.3 Å². The number of carbonyl (C=O) groups is 1. The zero-order valence-corrected chi connectivity index (χ0v) is 14.8. The Hall–Kier alpha value is -2.93. The number of thiazole rings is 1. The van der Waals surface area contributed by atoms with Crippen molar-refractivity contribution < 1.29 is 14.3 Å². The number of nitrogens with zero attached hydrogens (tertiary/aromatic N) is 2. The molecule has 1 amide bonds. The number of hydrogen-bond acceptors (Lipinski definition) is 6. The molecule has 0 spiro atoms. The molecule has 0 unspecified atom stereocenters. The molecule has 4 rings (SSSR count). The molecule has 2 aromatic heterocycles. The largest absolute Gasteiger partial charge is 0.454 e. The van der Waals surface area contributed by atoms with Crippen LogP contribution in [0.4, 0.5) is 0 Å². The molecule has 1 aliphatic heterocycles. The van der Waals surface area contributed by atoms with Crippen molar-refractivity contribution >= 4 is 17.2 Å². The summed E-state index contributed by atoms with van der Waals surface area (Å²) < 4.78 is 10.6. The van der Waals surface area contributed by atoms with E-state index in [0.717, 1.165) is 33.3 Å². The summed E-state index contributed by atoms with van der Waals surface area (Å²) in [5.41, 5.74) is 2.94. The Bertz CT molecular complexity index is 911. The van der Waals surface area contributed by atoms with E-state index in [9.17, 15) is 4.79 Å². The lowest BCUT2D eigenvalue weighted by molar-refractivity contribution is -0.121. The molecule has 0 bridgehead atoms. The molecular weight excluding hydrogens is 350 g/mol. The molecule has 132 valence electrons. The van der Waals surface area contributed by atoms with Crippen LogP contribution in [0, 0.1) is 0 Å². The Morgan fingerprint density at radius 1 is 1.15 bits per heavy atom. The van der Waals surface area contributed by atoms with E-state index in [1.54, 1.807) is 23.7 Å². The number of ether oxygens (including phenoxy) is 2. The van der Waals surface area contributed by atoms with Gasteiger partial charge in [0.2, 0.25) is 12.7 Å². The smallest absolute Gasteiger partial charge is 0.231 e. The minimum atomic E-state index is 0.00308. The summed E-state index contributed by atoms with van der Waals surface area (Å²) in [6, 6.07) is 9.54. The summed E-state index contributed by atoms with van der Waals surface area (Å²) in [7, 11) is 0. The number of aromatic nitrogens is 2. The van der Waals surface area contributed by atoms with Gasteiger partial charge < -0.3 is 14.8 Å². The van der Waals surface area contributed by atoms with Gasteiger partial charge in [-0.15, -0.1) is 11.3 Å². The number of aryl methyl sites for hydroxylation is 1. The number of nitrogens with one attached hydrogen (secondary N) is 1. The van der Waals surface area contributed by atoms with Gasteiger partial charge in [0.15, 0.2) is 11.5 Å². The Balaban J connectivity index is 1.27. The van der Waals surface area contributed by atoms with E-state index in [4.69, 9.17) is 9.47 Å². The number of rotatable bonds is 6. The predicted octanol–water partition coefficient (Wildman–Crippen LogP) is 3.18. The van der Waals surface area contributed by atoms with Crippen LogP contribution in [0.3, 0.4) is 0 Å². The molecule has 0 fully saturated rings. The standard InChI is InChI=1S/C19H17N3O3S/c23-18(21-10-13-1-2-16-17(9-13)25-12-24-16)3-4-19-22-15(11-26-19)14-5-7-20-8-6-14/h1-2,5-9,11H,3-4,10,12H2,(H,21,23). The summed E-state index contributed by atoms with van der Waals surface area (Å²) in [6.45, 7) is 0.718. The minimum absolute atomic E-state index is 0.00308. The second-order valence-electron chi connectivity index (χ2n) is 5.83. The first-order chi connectivity index (χ1) is 12.8. The lowest BCUT2D eigenvalue weighted by atomic mass is 10.2. The fourth-order valence-corrected chi connectivity index (χ4v) is 3.45. The van der Waals surface area contributed by atoms with Crippen molar-refractivity contribution in [3.05, 3.63) is 58.7 Å². The van der Waals surface area contributed by atoms with Crippen LogP contribution in [0.1, 0.15) is 17.0 Å². The van der Waals surface area contributed by atoms with Crippen molar-refractivity contribution in [2.75, 3.05) is 6.79 Å². The number of pyridine rings is 1. The predicted molar refractivity (Wildman–Crippen MR) is 98.1 cm³/mol. The van der Waals surface area contributed by atoms with Crippen molar-refractivity contribution in [2.24, 2.45) is 0 Å². The molecule has 3 aromatic rings. The molecule has 3 heterocycles. The first-order valence-electron chi connectivity index (χ1n) is 8.28.